The molecule has 0 aliphatic carbocycles. The highest BCUT2D eigenvalue weighted by Crippen LogP contribution is 2.25. The molecule has 0 bridgehead atoms. The number of rotatable bonds is 2. The highest BCUT2D eigenvalue weighted by molar-refractivity contribution is 6.65. The van der Waals surface area contributed by atoms with Crippen molar-refractivity contribution in [3.63, 3.8) is 0 Å². The van der Waals surface area contributed by atoms with Gasteiger partial charge in [-0.25, -0.2) is 9.98 Å². The number of nitriles is 1. The fourth-order valence-corrected chi connectivity index (χ4v) is 2.44. The first-order valence-electron chi connectivity index (χ1n) is 7.03. The molecule has 0 fully saturated rings. The average molecular weight is 321 g/mol. The predicted octanol–water partition coefficient (Wildman–Crippen LogP) is 4.09. The summed E-state index contributed by atoms with van der Waals surface area (Å²) in [6.07, 6.45) is 1.63. The summed E-state index contributed by atoms with van der Waals surface area (Å²) in [7, 11) is 0. The zero-order valence-electron chi connectivity index (χ0n) is 12.4. The summed E-state index contributed by atoms with van der Waals surface area (Å²) >= 11 is 5.92. The second kappa shape index (κ2) is 6.47. The van der Waals surface area contributed by atoms with Gasteiger partial charge in [0.25, 0.3) is 0 Å². The number of nitrogens with one attached hydrogen (secondary N) is 1. The molecule has 2 aromatic rings. The molecule has 1 aromatic heterocycles. The van der Waals surface area contributed by atoms with Gasteiger partial charge in [0, 0.05) is 11.8 Å². The number of hydrogen-bond donors (Lipinski definition) is 1. The number of amidine groups is 1. The van der Waals surface area contributed by atoms with Crippen LogP contribution in [0.4, 0.5) is 0 Å². The van der Waals surface area contributed by atoms with Gasteiger partial charge in [-0.05, 0) is 36.2 Å². The lowest BCUT2D eigenvalue weighted by Crippen LogP contribution is -2.22. The maximum absolute atomic E-state index is 9.60. The second-order valence-electron chi connectivity index (χ2n) is 4.99. The van der Waals surface area contributed by atoms with Crippen molar-refractivity contribution in [3.05, 3.63) is 71.7 Å². The summed E-state index contributed by atoms with van der Waals surface area (Å²) in [4.78, 5) is 8.60. The van der Waals surface area contributed by atoms with Gasteiger partial charge in [-0.15, -0.1) is 0 Å². The van der Waals surface area contributed by atoms with Crippen molar-refractivity contribution in [3.8, 4) is 17.3 Å². The van der Waals surface area contributed by atoms with E-state index in [1.807, 2.05) is 55.5 Å². The van der Waals surface area contributed by atoms with Gasteiger partial charge in [0.05, 0.1) is 17.1 Å². The van der Waals surface area contributed by atoms with Crippen molar-refractivity contribution >= 4 is 22.5 Å². The summed E-state index contributed by atoms with van der Waals surface area (Å²) in [6.45, 7) is 1.87. The summed E-state index contributed by atoms with van der Waals surface area (Å²) in [6, 6.07) is 17.7. The first kappa shape index (κ1) is 15.0. The van der Waals surface area contributed by atoms with Crippen LogP contribution in [-0.2, 0) is 0 Å². The number of benzene rings is 1. The first-order valence-corrected chi connectivity index (χ1v) is 7.41. The zero-order valence-corrected chi connectivity index (χ0v) is 13.2. The van der Waals surface area contributed by atoms with Crippen LogP contribution < -0.4 is 5.32 Å². The molecule has 0 amide bonds. The van der Waals surface area contributed by atoms with E-state index in [4.69, 9.17) is 11.6 Å². The van der Waals surface area contributed by atoms with E-state index >= 15 is 0 Å². The Morgan fingerprint density at radius 3 is 2.65 bits per heavy atom. The van der Waals surface area contributed by atoms with Crippen molar-refractivity contribution in [1.29, 1.82) is 5.26 Å². The van der Waals surface area contributed by atoms with Crippen molar-refractivity contribution in [2.45, 2.75) is 6.92 Å². The molecule has 1 aliphatic heterocycles. The third-order valence-electron chi connectivity index (χ3n) is 3.43. The van der Waals surface area contributed by atoms with Crippen LogP contribution in [0.3, 0.4) is 0 Å². The fraction of sp³-hybridized carbons (Fsp3) is 0.0556. The van der Waals surface area contributed by atoms with Crippen LogP contribution in [0.5, 0.6) is 0 Å². The molecule has 0 unspecified atom stereocenters. The maximum atomic E-state index is 9.60. The fourth-order valence-electron chi connectivity index (χ4n) is 2.30. The first-order chi connectivity index (χ1) is 11.2. The molecule has 0 atom stereocenters. The Balaban J connectivity index is 2.09. The minimum absolute atomic E-state index is 0.234. The molecule has 1 aliphatic rings. The van der Waals surface area contributed by atoms with E-state index in [1.54, 1.807) is 6.20 Å². The summed E-state index contributed by atoms with van der Waals surface area (Å²) in [5.74, 6) is 0. The van der Waals surface area contributed by atoms with Crippen LogP contribution in [0, 0.1) is 11.3 Å². The standard InChI is InChI=1S/C18H13ClN4/c1-12-11-21-18(19)23-17(12)14(10-20)16-9-5-8-15(22-16)13-6-3-2-4-7-13/h2-9,11H,1H3,(H,21,23)/b17-14-. The van der Waals surface area contributed by atoms with Gasteiger partial charge in [-0.1, -0.05) is 36.4 Å². The van der Waals surface area contributed by atoms with Gasteiger partial charge in [0.2, 0.25) is 0 Å². The molecule has 0 saturated heterocycles. The lowest BCUT2D eigenvalue weighted by atomic mass is 10.0. The van der Waals surface area contributed by atoms with Crippen molar-refractivity contribution in [2.24, 2.45) is 4.99 Å². The molecule has 1 N–H and O–H groups in total. The Labute approximate surface area is 139 Å². The number of aromatic nitrogens is 1. The van der Waals surface area contributed by atoms with Gasteiger partial charge >= 0.3 is 0 Å². The van der Waals surface area contributed by atoms with Crippen LogP contribution in [0.25, 0.3) is 16.8 Å². The second-order valence-corrected chi connectivity index (χ2v) is 5.35. The molecule has 1 aromatic carbocycles. The smallest absolute Gasteiger partial charge is 0.200 e. The quantitative estimate of drug-likeness (QED) is 0.669. The maximum Gasteiger partial charge on any atom is 0.200 e. The number of halogens is 1. The van der Waals surface area contributed by atoms with Gasteiger partial charge < -0.3 is 5.32 Å². The Hall–Kier alpha value is -2.90. The Bertz CT molecular complexity index is 873. The number of nitrogens with zero attached hydrogens (tertiary/aromatic N) is 3. The van der Waals surface area contributed by atoms with E-state index in [2.05, 4.69) is 21.4 Å². The van der Waals surface area contributed by atoms with Crippen LogP contribution in [0.15, 0.2) is 71.0 Å². The number of allylic oxidation sites excluding steroid dienone is 2. The van der Waals surface area contributed by atoms with Gasteiger partial charge in [0.1, 0.15) is 11.6 Å². The molecule has 4 nitrogen and oxygen atoms in total. The molecular weight excluding hydrogens is 308 g/mol. The molecule has 0 radical (unpaired) electrons. The van der Waals surface area contributed by atoms with Crippen molar-refractivity contribution in [2.75, 3.05) is 0 Å². The molecule has 5 heteroatoms. The highest BCUT2D eigenvalue weighted by Gasteiger charge is 2.16. The minimum Gasteiger partial charge on any atom is -0.329 e. The minimum atomic E-state index is 0.234. The van der Waals surface area contributed by atoms with E-state index < -0.39 is 0 Å². The Morgan fingerprint density at radius 2 is 1.91 bits per heavy atom. The topological polar surface area (TPSA) is 61.1 Å². The van der Waals surface area contributed by atoms with E-state index in [0.717, 1.165) is 16.8 Å². The molecule has 23 heavy (non-hydrogen) atoms. The van der Waals surface area contributed by atoms with E-state index in [-0.39, 0.29) is 5.29 Å². The van der Waals surface area contributed by atoms with Crippen LogP contribution in [0.1, 0.15) is 12.6 Å². The van der Waals surface area contributed by atoms with Gasteiger partial charge in [-0.3, -0.25) is 0 Å². The van der Waals surface area contributed by atoms with E-state index in [0.29, 0.717) is 17.0 Å². The predicted molar refractivity (Wildman–Crippen MR) is 92.4 cm³/mol. The zero-order chi connectivity index (χ0) is 16.2. The Kier molecular flexibility index (Phi) is 4.22. The molecule has 0 spiro atoms. The number of pyridine rings is 1. The third kappa shape index (κ3) is 3.15. The van der Waals surface area contributed by atoms with Crippen molar-refractivity contribution < 1.29 is 0 Å². The number of aliphatic imine (C=N–C) groups is 1. The van der Waals surface area contributed by atoms with Crippen LogP contribution >= 0.6 is 11.6 Å². The van der Waals surface area contributed by atoms with Gasteiger partial charge in [0.15, 0.2) is 5.29 Å². The monoisotopic (exact) mass is 320 g/mol. The Morgan fingerprint density at radius 1 is 1.13 bits per heavy atom. The molecule has 2 heterocycles. The normalized spacial score (nSPS) is 15.9. The third-order valence-corrected chi connectivity index (χ3v) is 3.62. The average Bonchev–Trinajstić information content (AvgIpc) is 2.60. The summed E-state index contributed by atoms with van der Waals surface area (Å²) in [5, 5.41) is 12.8. The van der Waals surface area contributed by atoms with Gasteiger partial charge in [-0.2, -0.15) is 5.26 Å². The van der Waals surface area contributed by atoms with E-state index in [1.165, 1.54) is 0 Å². The summed E-state index contributed by atoms with van der Waals surface area (Å²) < 4.78 is 0. The lowest BCUT2D eigenvalue weighted by molar-refractivity contribution is 1.09. The largest absolute Gasteiger partial charge is 0.329 e. The number of hydrogen-bond acceptors (Lipinski definition) is 4. The highest BCUT2D eigenvalue weighted by atomic mass is 35.5. The lowest BCUT2D eigenvalue weighted by Gasteiger charge is -2.15. The molecule has 0 saturated carbocycles. The SMILES string of the molecule is CC1=CN=C(Cl)N/C1=C(/C#N)c1cccc(-c2ccccc2)n1. The van der Waals surface area contributed by atoms with Crippen molar-refractivity contribution in [1.82, 2.24) is 10.3 Å². The van der Waals surface area contributed by atoms with Crippen LogP contribution in [-0.4, -0.2) is 10.3 Å². The molecule has 112 valence electrons. The van der Waals surface area contributed by atoms with Crippen LogP contribution in [0.2, 0.25) is 0 Å². The molecule has 3 rings (SSSR count). The van der Waals surface area contributed by atoms with E-state index in [9.17, 15) is 5.26 Å². The molecular formula is C18H13ClN4. The summed E-state index contributed by atoms with van der Waals surface area (Å²) in [5.41, 5.74) is 4.30.